The number of hydrogen-bond acceptors (Lipinski definition) is 4. The molecule has 1 heterocycles. The lowest BCUT2D eigenvalue weighted by molar-refractivity contribution is 0.0966. The first-order chi connectivity index (χ1) is 11.1. The summed E-state index contributed by atoms with van der Waals surface area (Å²) in [5, 5.41) is 3.32. The fourth-order valence-corrected chi connectivity index (χ4v) is 2.02. The lowest BCUT2D eigenvalue weighted by Crippen LogP contribution is -2.32. The fourth-order valence-electron chi connectivity index (χ4n) is 1.72. The van der Waals surface area contributed by atoms with E-state index in [1.807, 2.05) is 19.1 Å². The van der Waals surface area contributed by atoms with Gasteiger partial charge in [-0.3, -0.25) is 15.1 Å². The number of amides is 1. The Labute approximate surface area is 144 Å². The molecule has 0 fully saturated rings. The number of hydrogen-bond donors (Lipinski definition) is 1. The van der Waals surface area contributed by atoms with Crippen LogP contribution in [0.25, 0.3) is 0 Å². The predicted molar refractivity (Wildman–Crippen MR) is 90.9 cm³/mol. The Morgan fingerprint density at radius 3 is 2.78 bits per heavy atom. The third-order valence-electron chi connectivity index (χ3n) is 2.81. The largest absolute Gasteiger partial charge is 0.465 e. The van der Waals surface area contributed by atoms with Crippen LogP contribution in [-0.2, 0) is 11.3 Å². The summed E-state index contributed by atoms with van der Waals surface area (Å²) in [4.78, 5) is 20.5. The summed E-state index contributed by atoms with van der Waals surface area (Å²) >= 11 is 11.8. The highest BCUT2D eigenvalue weighted by molar-refractivity contribution is 6.42. The third-order valence-corrected chi connectivity index (χ3v) is 3.55. The molecule has 7 heteroatoms. The van der Waals surface area contributed by atoms with Gasteiger partial charge in [-0.25, -0.2) is 4.99 Å². The van der Waals surface area contributed by atoms with Crippen molar-refractivity contribution in [2.75, 3.05) is 6.61 Å². The number of pyridine rings is 1. The number of rotatable bonds is 4. The average Bonchev–Trinajstić information content (AvgIpc) is 2.56. The minimum Gasteiger partial charge on any atom is -0.465 e. The minimum atomic E-state index is -0.373. The highest BCUT2D eigenvalue weighted by atomic mass is 35.5. The normalized spacial score (nSPS) is 11.2. The highest BCUT2D eigenvalue weighted by Gasteiger charge is 2.11. The minimum absolute atomic E-state index is 0.146. The van der Waals surface area contributed by atoms with Crippen LogP contribution in [0.15, 0.2) is 47.7 Å². The molecule has 0 aliphatic rings. The molecule has 0 radical (unpaired) electrons. The van der Waals surface area contributed by atoms with Crippen LogP contribution in [0.1, 0.15) is 22.8 Å². The van der Waals surface area contributed by atoms with Crippen LogP contribution in [0.4, 0.5) is 0 Å². The molecule has 0 aliphatic carbocycles. The van der Waals surface area contributed by atoms with Crippen molar-refractivity contribution in [3.63, 3.8) is 0 Å². The Hall–Kier alpha value is -2.11. The van der Waals surface area contributed by atoms with Gasteiger partial charge >= 0.3 is 0 Å². The number of nitrogens with one attached hydrogen (secondary N) is 1. The van der Waals surface area contributed by atoms with Gasteiger partial charge in [0.15, 0.2) is 0 Å². The first-order valence-electron chi connectivity index (χ1n) is 6.92. The molecule has 1 aromatic heterocycles. The Balaban J connectivity index is 2.08. The smallest absolute Gasteiger partial charge is 0.292 e. The second-order valence-corrected chi connectivity index (χ2v) is 5.31. The van der Waals surface area contributed by atoms with Gasteiger partial charge in [0.05, 0.1) is 23.2 Å². The van der Waals surface area contributed by atoms with Crippen molar-refractivity contribution >= 4 is 35.1 Å². The molecule has 0 atom stereocenters. The summed E-state index contributed by atoms with van der Waals surface area (Å²) in [7, 11) is 0. The van der Waals surface area contributed by atoms with Crippen molar-refractivity contribution < 1.29 is 9.53 Å². The molecule has 0 unspecified atom stereocenters. The topological polar surface area (TPSA) is 63.6 Å². The number of aliphatic imine (C=N–C) groups is 1. The molecule has 120 valence electrons. The maximum Gasteiger partial charge on any atom is 0.292 e. The van der Waals surface area contributed by atoms with Crippen LogP contribution in [0, 0.1) is 0 Å². The second kappa shape index (κ2) is 8.50. The second-order valence-electron chi connectivity index (χ2n) is 4.50. The average molecular weight is 352 g/mol. The van der Waals surface area contributed by atoms with Crippen LogP contribution in [-0.4, -0.2) is 23.5 Å². The number of aromatic nitrogens is 1. The van der Waals surface area contributed by atoms with Gasteiger partial charge in [0.25, 0.3) is 11.9 Å². The Morgan fingerprint density at radius 1 is 1.30 bits per heavy atom. The number of carbonyl (C=O) groups is 1. The summed E-state index contributed by atoms with van der Waals surface area (Å²) in [5.74, 6) is -0.373. The molecule has 0 saturated carbocycles. The standard InChI is InChI=1S/C16H15Cl2N3O2/c1-2-23-16(20-10-11-4-3-7-19-9-11)21-15(22)12-5-6-13(17)14(18)8-12/h3-9H,2,10H2,1H3,(H,20,21,22). The van der Waals surface area contributed by atoms with E-state index < -0.39 is 0 Å². The molecular weight excluding hydrogens is 337 g/mol. The summed E-state index contributed by atoms with van der Waals surface area (Å²) in [6.07, 6.45) is 3.39. The molecule has 5 nitrogen and oxygen atoms in total. The molecule has 0 spiro atoms. The molecule has 1 amide bonds. The Kier molecular flexibility index (Phi) is 6.38. The monoisotopic (exact) mass is 351 g/mol. The van der Waals surface area contributed by atoms with Gasteiger partial charge in [-0.15, -0.1) is 0 Å². The van der Waals surface area contributed by atoms with E-state index in [-0.39, 0.29) is 11.9 Å². The molecule has 0 aliphatic heterocycles. The summed E-state index contributed by atoms with van der Waals surface area (Å²) in [6, 6.07) is 8.48. The van der Waals surface area contributed by atoms with E-state index in [9.17, 15) is 4.79 Å². The maximum absolute atomic E-state index is 12.2. The first kappa shape index (κ1) is 17.2. The fraction of sp³-hybridized carbons (Fsp3) is 0.188. The van der Waals surface area contributed by atoms with Crippen LogP contribution < -0.4 is 5.32 Å². The van der Waals surface area contributed by atoms with Gasteiger partial charge in [-0.1, -0.05) is 29.3 Å². The maximum atomic E-state index is 12.2. The van der Waals surface area contributed by atoms with Gasteiger partial charge in [0, 0.05) is 18.0 Å². The van der Waals surface area contributed by atoms with E-state index >= 15 is 0 Å². The number of nitrogens with zero attached hydrogens (tertiary/aromatic N) is 2. The van der Waals surface area contributed by atoms with E-state index in [0.717, 1.165) is 5.56 Å². The summed E-state index contributed by atoms with van der Waals surface area (Å²) in [6.45, 7) is 2.54. The van der Waals surface area contributed by atoms with E-state index in [2.05, 4.69) is 15.3 Å². The highest BCUT2D eigenvalue weighted by Crippen LogP contribution is 2.22. The van der Waals surface area contributed by atoms with Crippen molar-refractivity contribution in [2.24, 2.45) is 4.99 Å². The van der Waals surface area contributed by atoms with E-state index in [1.165, 1.54) is 6.07 Å². The number of carbonyl (C=O) groups excluding carboxylic acids is 1. The quantitative estimate of drug-likeness (QED) is 0.674. The predicted octanol–water partition coefficient (Wildman–Crippen LogP) is 3.71. The molecule has 0 bridgehead atoms. The van der Waals surface area contributed by atoms with Gasteiger partial charge in [0.2, 0.25) is 0 Å². The van der Waals surface area contributed by atoms with Crippen molar-refractivity contribution in [1.82, 2.24) is 10.3 Å². The number of ether oxygens (including phenoxy) is 1. The van der Waals surface area contributed by atoms with Gasteiger partial charge in [-0.05, 0) is 36.8 Å². The van der Waals surface area contributed by atoms with Crippen molar-refractivity contribution in [3.05, 3.63) is 63.9 Å². The molecular formula is C16H15Cl2N3O2. The SMILES string of the molecule is CCOC(=NCc1cccnc1)NC(=O)c1ccc(Cl)c(Cl)c1. The zero-order valence-corrected chi connectivity index (χ0v) is 13.9. The van der Waals surface area contributed by atoms with Crippen molar-refractivity contribution in [2.45, 2.75) is 13.5 Å². The third kappa shape index (κ3) is 5.23. The van der Waals surface area contributed by atoms with Crippen molar-refractivity contribution in [1.29, 1.82) is 0 Å². The Morgan fingerprint density at radius 2 is 2.13 bits per heavy atom. The number of benzene rings is 1. The molecule has 1 N–H and O–H groups in total. The lowest BCUT2D eigenvalue weighted by atomic mass is 10.2. The molecule has 0 saturated heterocycles. The van der Waals surface area contributed by atoms with Crippen LogP contribution >= 0.6 is 23.2 Å². The molecule has 2 aromatic rings. The van der Waals surface area contributed by atoms with Crippen LogP contribution in [0.3, 0.4) is 0 Å². The zero-order valence-electron chi connectivity index (χ0n) is 12.4. The van der Waals surface area contributed by atoms with E-state index in [0.29, 0.717) is 28.8 Å². The van der Waals surface area contributed by atoms with Gasteiger partial charge < -0.3 is 4.74 Å². The zero-order chi connectivity index (χ0) is 16.7. The Bertz CT molecular complexity index is 706. The first-order valence-corrected chi connectivity index (χ1v) is 7.68. The molecule has 23 heavy (non-hydrogen) atoms. The summed E-state index contributed by atoms with van der Waals surface area (Å²) < 4.78 is 5.35. The van der Waals surface area contributed by atoms with Crippen molar-refractivity contribution in [3.8, 4) is 0 Å². The molecule has 2 rings (SSSR count). The van der Waals surface area contributed by atoms with E-state index in [1.54, 1.807) is 24.5 Å². The van der Waals surface area contributed by atoms with E-state index in [4.69, 9.17) is 27.9 Å². The van der Waals surface area contributed by atoms with Crippen LogP contribution in [0.2, 0.25) is 10.0 Å². The lowest BCUT2D eigenvalue weighted by Gasteiger charge is -2.09. The summed E-state index contributed by atoms with van der Waals surface area (Å²) in [5.41, 5.74) is 1.28. The number of amidine groups is 1. The molecule has 1 aromatic carbocycles. The number of halogens is 2. The van der Waals surface area contributed by atoms with Gasteiger partial charge in [-0.2, -0.15) is 0 Å². The van der Waals surface area contributed by atoms with Crippen LogP contribution in [0.5, 0.6) is 0 Å². The van der Waals surface area contributed by atoms with Gasteiger partial charge in [0.1, 0.15) is 0 Å².